The first-order chi connectivity index (χ1) is 15.2. The van der Waals surface area contributed by atoms with Crippen molar-refractivity contribution >= 4 is 17.8 Å². The highest BCUT2D eigenvalue weighted by Gasteiger charge is 2.38. The van der Waals surface area contributed by atoms with Gasteiger partial charge in [-0.3, -0.25) is 14.5 Å². The third-order valence-electron chi connectivity index (χ3n) is 4.48. The fraction of sp³-hybridized carbons (Fsp3) is 0.591. The third-order valence-corrected chi connectivity index (χ3v) is 4.48. The first-order valence-electron chi connectivity index (χ1n) is 10.3. The maximum absolute atomic E-state index is 13.0. The summed E-state index contributed by atoms with van der Waals surface area (Å²) in [5.74, 6) is -2.04. The highest BCUT2D eigenvalue weighted by Crippen LogP contribution is 2.36. The van der Waals surface area contributed by atoms with Crippen molar-refractivity contribution in [1.82, 2.24) is 10.2 Å². The highest BCUT2D eigenvalue weighted by molar-refractivity contribution is 6.00. The van der Waals surface area contributed by atoms with Crippen LogP contribution in [-0.2, 0) is 21.9 Å². The number of amides is 2. The monoisotopic (exact) mass is 498 g/mol. The second-order valence-electron chi connectivity index (χ2n) is 9.17. The molecule has 0 aliphatic rings. The topological polar surface area (TPSA) is 75.7 Å². The lowest BCUT2D eigenvalue weighted by atomic mass is 10.0. The SMILES string of the molecule is CC(C)C[C@H](C(=O)NCC(=O)c1cc(C(F)(F)F)cc(C(F)(F)F)c1)N(C)C(=O)OC(C)(C)C. The average Bonchev–Trinajstić information content (AvgIpc) is 2.66. The molecule has 0 heterocycles. The summed E-state index contributed by atoms with van der Waals surface area (Å²) < 4.78 is 83.4. The number of nitrogens with one attached hydrogen (secondary N) is 1. The molecule has 0 radical (unpaired) electrons. The Labute approximate surface area is 193 Å². The van der Waals surface area contributed by atoms with E-state index in [4.69, 9.17) is 4.74 Å². The van der Waals surface area contributed by atoms with E-state index in [0.717, 1.165) is 4.90 Å². The first kappa shape index (κ1) is 29.2. The highest BCUT2D eigenvalue weighted by atomic mass is 19.4. The molecule has 12 heteroatoms. The van der Waals surface area contributed by atoms with Crippen molar-refractivity contribution in [2.24, 2.45) is 5.92 Å². The number of ether oxygens (including phenoxy) is 1. The summed E-state index contributed by atoms with van der Waals surface area (Å²) in [5, 5.41) is 2.20. The van der Waals surface area contributed by atoms with Crippen LogP contribution in [0.5, 0.6) is 0 Å². The smallest absolute Gasteiger partial charge is 0.416 e. The number of rotatable bonds is 7. The van der Waals surface area contributed by atoms with E-state index in [1.165, 1.54) is 7.05 Å². The van der Waals surface area contributed by atoms with E-state index in [1.807, 2.05) is 0 Å². The van der Waals surface area contributed by atoms with Crippen molar-refractivity contribution in [3.63, 3.8) is 0 Å². The molecule has 6 nitrogen and oxygen atoms in total. The number of benzene rings is 1. The zero-order valence-electron chi connectivity index (χ0n) is 19.6. The van der Waals surface area contributed by atoms with Crippen molar-refractivity contribution < 1.29 is 45.5 Å². The van der Waals surface area contributed by atoms with Crippen molar-refractivity contribution in [3.05, 3.63) is 34.9 Å². The number of alkyl halides is 6. The summed E-state index contributed by atoms with van der Waals surface area (Å²) in [5.41, 5.74) is -4.98. The minimum absolute atomic E-state index is 0.0749. The predicted octanol–water partition coefficient (Wildman–Crippen LogP) is 5.30. The van der Waals surface area contributed by atoms with Gasteiger partial charge in [-0.25, -0.2) is 4.79 Å². The zero-order chi connectivity index (χ0) is 26.6. The van der Waals surface area contributed by atoms with Gasteiger partial charge in [-0.15, -0.1) is 0 Å². The van der Waals surface area contributed by atoms with Crippen LogP contribution in [0.3, 0.4) is 0 Å². The Hall–Kier alpha value is -2.79. The normalized spacial score (nSPS) is 13.4. The van der Waals surface area contributed by atoms with E-state index < -0.39 is 65.0 Å². The average molecular weight is 498 g/mol. The quantitative estimate of drug-likeness (QED) is 0.409. The largest absolute Gasteiger partial charge is 0.444 e. The number of carbonyl (C=O) groups excluding carboxylic acids is 3. The van der Waals surface area contributed by atoms with Crippen LogP contribution in [-0.4, -0.2) is 47.9 Å². The van der Waals surface area contributed by atoms with Crippen LogP contribution in [0.2, 0.25) is 0 Å². The van der Waals surface area contributed by atoms with Crippen molar-refractivity contribution in [1.29, 1.82) is 0 Å². The zero-order valence-corrected chi connectivity index (χ0v) is 19.6. The van der Waals surface area contributed by atoms with Crippen LogP contribution in [0.25, 0.3) is 0 Å². The van der Waals surface area contributed by atoms with Crippen molar-refractivity contribution in [2.45, 2.75) is 65.0 Å². The number of likely N-dealkylation sites (N-methyl/N-ethyl adjacent to an activating group) is 1. The van der Waals surface area contributed by atoms with Gasteiger partial charge >= 0.3 is 18.4 Å². The number of carbonyl (C=O) groups is 3. The van der Waals surface area contributed by atoms with Gasteiger partial charge in [-0.2, -0.15) is 26.3 Å². The summed E-state index contributed by atoms with van der Waals surface area (Å²) in [6.45, 7) is 7.55. The van der Waals surface area contributed by atoms with E-state index in [9.17, 15) is 40.7 Å². The van der Waals surface area contributed by atoms with Crippen LogP contribution in [0.4, 0.5) is 31.1 Å². The molecule has 1 atom stereocenters. The van der Waals surface area contributed by atoms with Crippen LogP contribution in [0.1, 0.15) is 62.5 Å². The maximum atomic E-state index is 13.0. The number of Topliss-reactive ketones (excluding diaryl/α,β-unsaturated/α-hetero) is 1. The molecule has 0 aromatic heterocycles. The Balaban J connectivity index is 3.10. The molecule has 0 unspecified atom stereocenters. The van der Waals surface area contributed by atoms with Crippen molar-refractivity contribution in [3.8, 4) is 0 Å². The van der Waals surface area contributed by atoms with Gasteiger partial charge in [0.05, 0.1) is 17.7 Å². The van der Waals surface area contributed by atoms with E-state index >= 15 is 0 Å². The number of nitrogens with zero attached hydrogens (tertiary/aromatic N) is 1. The van der Waals surface area contributed by atoms with Crippen molar-refractivity contribution in [2.75, 3.05) is 13.6 Å². The van der Waals surface area contributed by atoms with Gasteiger partial charge in [0.15, 0.2) is 5.78 Å². The molecule has 2 amide bonds. The van der Waals surface area contributed by atoms with E-state index in [-0.39, 0.29) is 18.4 Å². The lowest BCUT2D eigenvalue weighted by Gasteiger charge is -2.30. The summed E-state index contributed by atoms with van der Waals surface area (Å²) in [6, 6.07) is -0.594. The van der Waals surface area contributed by atoms with E-state index in [2.05, 4.69) is 5.32 Å². The van der Waals surface area contributed by atoms with Gasteiger partial charge < -0.3 is 10.1 Å². The summed E-state index contributed by atoms with van der Waals surface area (Å²) in [4.78, 5) is 38.5. The standard InChI is InChI=1S/C22H28F6N2O4/c1-12(2)7-16(30(6)19(33)34-20(3,4)5)18(32)29-11-17(31)13-8-14(21(23,24)25)10-15(9-13)22(26,27)28/h8-10,12,16H,7,11H2,1-6H3,(H,29,32)/t16-/m1/s1. The fourth-order valence-electron chi connectivity index (χ4n) is 2.85. The number of hydrogen-bond acceptors (Lipinski definition) is 4. The Bertz CT molecular complexity index is 872. The number of ketones is 1. The Kier molecular flexibility index (Phi) is 9.15. The molecule has 1 aromatic rings. The molecule has 34 heavy (non-hydrogen) atoms. The molecule has 0 aliphatic carbocycles. The first-order valence-corrected chi connectivity index (χ1v) is 10.3. The molecule has 1 N–H and O–H groups in total. The summed E-state index contributed by atoms with van der Waals surface area (Å²) in [7, 11) is 1.31. The second kappa shape index (κ2) is 10.6. The Morgan fingerprint density at radius 3 is 1.79 bits per heavy atom. The molecule has 1 rings (SSSR count). The minimum Gasteiger partial charge on any atom is -0.444 e. The van der Waals surface area contributed by atoms with Crippen LogP contribution >= 0.6 is 0 Å². The summed E-state index contributed by atoms with van der Waals surface area (Å²) >= 11 is 0. The Morgan fingerprint density at radius 2 is 1.41 bits per heavy atom. The predicted molar refractivity (Wildman–Crippen MR) is 111 cm³/mol. The van der Waals surface area contributed by atoms with Gasteiger partial charge in [-0.1, -0.05) is 13.8 Å². The lowest BCUT2D eigenvalue weighted by Crippen LogP contribution is -2.50. The molecular weight excluding hydrogens is 470 g/mol. The van der Waals surface area contributed by atoms with Crippen LogP contribution in [0.15, 0.2) is 18.2 Å². The fourth-order valence-corrected chi connectivity index (χ4v) is 2.85. The maximum Gasteiger partial charge on any atom is 0.416 e. The molecule has 0 saturated heterocycles. The molecule has 0 fully saturated rings. The third kappa shape index (κ3) is 8.86. The second-order valence-corrected chi connectivity index (χ2v) is 9.17. The molecule has 192 valence electrons. The summed E-state index contributed by atoms with van der Waals surface area (Å²) in [6.07, 6.45) is -10.9. The van der Waals surface area contributed by atoms with Gasteiger partial charge in [0.2, 0.25) is 5.91 Å². The van der Waals surface area contributed by atoms with E-state index in [0.29, 0.717) is 12.1 Å². The minimum atomic E-state index is -5.11. The Morgan fingerprint density at radius 1 is 0.941 bits per heavy atom. The molecule has 0 spiro atoms. The molecule has 0 bridgehead atoms. The van der Waals surface area contributed by atoms with Gasteiger partial charge in [0.1, 0.15) is 11.6 Å². The molecule has 0 saturated carbocycles. The lowest BCUT2D eigenvalue weighted by molar-refractivity contribution is -0.143. The number of halogens is 6. The van der Waals surface area contributed by atoms with Gasteiger partial charge in [0.25, 0.3) is 0 Å². The number of hydrogen-bond donors (Lipinski definition) is 1. The molecular formula is C22H28F6N2O4. The van der Waals surface area contributed by atoms with E-state index in [1.54, 1.807) is 34.6 Å². The molecule has 1 aromatic carbocycles. The van der Waals surface area contributed by atoms with Crippen LogP contribution < -0.4 is 5.32 Å². The van der Waals surface area contributed by atoms with Gasteiger partial charge in [-0.05, 0) is 51.3 Å². The molecule has 0 aliphatic heterocycles. The van der Waals surface area contributed by atoms with Gasteiger partial charge in [0, 0.05) is 12.6 Å². The van der Waals surface area contributed by atoms with Crippen LogP contribution in [0, 0.1) is 5.92 Å².